The highest BCUT2D eigenvalue weighted by molar-refractivity contribution is 6.30. The maximum Gasteiger partial charge on any atom is 0.141 e. The average molecular weight is 273 g/mol. The van der Waals surface area contributed by atoms with E-state index in [0.29, 0.717) is 19.3 Å². The minimum atomic E-state index is -1.00. The van der Waals surface area contributed by atoms with Crippen LogP contribution < -0.4 is 0 Å². The molecule has 1 fully saturated rings. The van der Waals surface area contributed by atoms with Crippen molar-refractivity contribution in [3.05, 3.63) is 34.6 Å². The van der Waals surface area contributed by atoms with Gasteiger partial charge in [-0.25, -0.2) is 4.39 Å². The fourth-order valence-electron chi connectivity index (χ4n) is 2.58. The molecule has 0 heterocycles. The van der Waals surface area contributed by atoms with Crippen molar-refractivity contribution in [2.75, 3.05) is 0 Å². The average Bonchev–Trinajstić information content (AvgIpc) is 2.35. The molecule has 0 spiro atoms. The molecule has 100 valence electrons. The first kappa shape index (κ1) is 13.8. The molecule has 1 saturated carbocycles. The summed E-state index contributed by atoms with van der Waals surface area (Å²) in [6, 6.07) is 4.39. The van der Waals surface area contributed by atoms with Crippen LogP contribution in [0.4, 0.5) is 4.39 Å². The lowest BCUT2D eigenvalue weighted by Crippen LogP contribution is -2.45. The van der Waals surface area contributed by atoms with Gasteiger partial charge in [0.2, 0.25) is 0 Å². The predicted molar refractivity (Wildman–Crippen MR) is 69.2 cm³/mol. The molecule has 2 N–H and O–H groups in total. The molecule has 0 amide bonds. The lowest BCUT2D eigenvalue weighted by Gasteiger charge is -2.36. The van der Waals surface area contributed by atoms with Gasteiger partial charge in [-0.2, -0.15) is 0 Å². The van der Waals surface area contributed by atoms with Gasteiger partial charge >= 0.3 is 0 Å². The van der Waals surface area contributed by atoms with E-state index >= 15 is 0 Å². The van der Waals surface area contributed by atoms with Crippen LogP contribution in [0, 0.1) is 5.82 Å². The number of rotatable bonds is 3. The Kier molecular flexibility index (Phi) is 4.25. The van der Waals surface area contributed by atoms with Gasteiger partial charge < -0.3 is 10.2 Å². The molecule has 18 heavy (non-hydrogen) atoms. The van der Waals surface area contributed by atoms with Crippen molar-refractivity contribution in [1.82, 2.24) is 0 Å². The van der Waals surface area contributed by atoms with Crippen LogP contribution in [0.1, 0.15) is 37.7 Å². The zero-order valence-electron chi connectivity index (χ0n) is 10.2. The standard InChI is InChI=1S/C14H18ClFO2/c15-11-8-10(4-5-12(11)16)9-13(17)14(18)6-2-1-3-7-14/h4-5,8,13,17-18H,1-3,6-7,9H2. The van der Waals surface area contributed by atoms with E-state index in [4.69, 9.17) is 11.6 Å². The normalized spacial score (nSPS) is 20.7. The van der Waals surface area contributed by atoms with Crippen molar-refractivity contribution in [2.24, 2.45) is 0 Å². The maximum atomic E-state index is 13.0. The van der Waals surface area contributed by atoms with Crippen molar-refractivity contribution >= 4 is 11.6 Å². The monoisotopic (exact) mass is 272 g/mol. The summed E-state index contributed by atoms with van der Waals surface area (Å²) < 4.78 is 13.0. The summed E-state index contributed by atoms with van der Waals surface area (Å²) in [5.41, 5.74) is -0.257. The van der Waals surface area contributed by atoms with E-state index in [2.05, 4.69) is 0 Å². The fraction of sp³-hybridized carbons (Fsp3) is 0.571. The predicted octanol–water partition coefficient (Wildman–Crippen LogP) is 3.08. The zero-order valence-corrected chi connectivity index (χ0v) is 11.0. The Labute approximate surface area is 111 Å². The zero-order chi connectivity index (χ0) is 13.2. The summed E-state index contributed by atoms with van der Waals surface area (Å²) in [5.74, 6) is -0.466. The van der Waals surface area contributed by atoms with Crippen molar-refractivity contribution in [1.29, 1.82) is 0 Å². The van der Waals surface area contributed by atoms with Gasteiger partial charge in [-0.1, -0.05) is 36.9 Å². The summed E-state index contributed by atoms with van der Waals surface area (Å²) >= 11 is 5.70. The van der Waals surface area contributed by atoms with Crippen molar-refractivity contribution < 1.29 is 14.6 Å². The summed E-state index contributed by atoms with van der Waals surface area (Å²) in [6.45, 7) is 0. The summed E-state index contributed by atoms with van der Waals surface area (Å²) in [6.07, 6.45) is 3.73. The Balaban J connectivity index is 2.05. The van der Waals surface area contributed by atoms with Crippen LogP contribution in [0.25, 0.3) is 0 Å². The van der Waals surface area contributed by atoms with Crippen LogP contribution in [0.3, 0.4) is 0 Å². The van der Waals surface area contributed by atoms with Gasteiger partial charge in [0.15, 0.2) is 0 Å². The lowest BCUT2D eigenvalue weighted by atomic mass is 9.79. The molecule has 0 saturated heterocycles. The summed E-state index contributed by atoms with van der Waals surface area (Å²) in [5, 5.41) is 20.6. The van der Waals surface area contributed by atoms with E-state index < -0.39 is 17.5 Å². The van der Waals surface area contributed by atoms with Crippen LogP contribution >= 0.6 is 11.6 Å². The molecule has 1 atom stereocenters. The molecule has 4 heteroatoms. The Bertz CT molecular complexity index is 416. The van der Waals surface area contributed by atoms with Crippen LogP contribution in [-0.4, -0.2) is 21.9 Å². The third-order valence-corrected chi connectivity index (χ3v) is 4.04. The second-order valence-corrected chi connectivity index (χ2v) is 5.54. The molecule has 2 rings (SSSR count). The first-order valence-electron chi connectivity index (χ1n) is 6.36. The molecule has 1 aliphatic carbocycles. The van der Waals surface area contributed by atoms with E-state index in [1.807, 2.05) is 0 Å². The van der Waals surface area contributed by atoms with E-state index in [0.717, 1.165) is 24.8 Å². The SMILES string of the molecule is OC(Cc1ccc(F)c(Cl)c1)C1(O)CCCCC1. The van der Waals surface area contributed by atoms with Crippen LogP contribution in [0.15, 0.2) is 18.2 Å². The van der Waals surface area contributed by atoms with Crippen molar-refractivity contribution in [3.63, 3.8) is 0 Å². The van der Waals surface area contributed by atoms with Gasteiger partial charge in [-0.3, -0.25) is 0 Å². The van der Waals surface area contributed by atoms with E-state index in [9.17, 15) is 14.6 Å². The number of hydrogen-bond acceptors (Lipinski definition) is 2. The lowest BCUT2D eigenvalue weighted by molar-refractivity contribution is -0.0960. The Hall–Kier alpha value is -0.640. The minimum absolute atomic E-state index is 0.0512. The third-order valence-electron chi connectivity index (χ3n) is 3.75. The number of aliphatic hydroxyl groups excluding tert-OH is 1. The molecule has 1 aliphatic rings. The first-order chi connectivity index (χ1) is 8.51. The second kappa shape index (κ2) is 5.55. The van der Waals surface area contributed by atoms with Crippen LogP contribution in [0.2, 0.25) is 5.02 Å². The third kappa shape index (κ3) is 3.02. The van der Waals surface area contributed by atoms with E-state index in [1.54, 1.807) is 6.07 Å². The molecule has 1 aromatic carbocycles. The minimum Gasteiger partial charge on any atom is -0.390 e. The summed E-state index contributed by atoms with van der Waals surface area (Å²) in [7, 11) is 0. The Morgan fingerprint density at radius 3 is 2.56 bits per heavy atom. The van der Waals surface area contributed by atoms with Gasteiger partial charge in [0.05, 0.1) is 16.7 Å². The van der Waals surface area contributed by atoms with E-state index in [1.165, 1.54) is 12.1 Å². The molecule has 0 bridgehead atoms. The molecule has 0 radical (unpaired) electrons. The number of hydrogen-bond donors (Lipinski definition) is 2. The topological polar surface area (TPSA) is 40.5 Å². The van der Waals surface area contributed by atoms with Crippen LogP contribution in [0.5, 0.6) is 0 Å². The van der Waals surface area contributed by atoms with E-state index in [-0.39, 0.29) is 5.02 Å². The highest BCUT2D eigenvalue weighted by Gasteiger charge is 2.36. The Morgan fingerprint density at radius 1 is 1.28 bits per heavy atom. The summed E-state index contributed by atoms with van der Waals surface area (Å²) in [4.78, 5) is 0. The van der Waals surface area contributed by atoms with Crippen molar-refractivity contribution in [3.8, 4) is 0 Å². The number of benzene rings is 1. The number of halogens is 2. The van der Waals surface area contributed by atoms with Gasteiger partial charge in [0, 0.05) is 6.42 Å². The molecular formula is C14H18ClFO2. The smallest absolute Gasteiger partial charge is 0.141 e. The molecule has 1 aromatic rings. The van der Waals surface area contributed by atoms with Gasteiger partial charge in [-0.15, -0.1) is 0 Å². The largest absolute Gasteiger partial charge is 0.390 e. The number of aliphatic hydroxyl groups is 2. The molecule has 0 aromatic heterocycles. The van der Waals surface area contributed by atoms with Gasteiger partial charge in [-0.05, 0) is 30.5 Å². The molecule has 2 nitrogen and oxygen atoms in total. The van der Waals surface area contributed by atoms with Crippen LogP contribution in [-0.2, 0) is 6.42 Å². The second-order valence-electron chi connectivity index (χ2n) is 5.13. The quantitative estimate of drug-likeness (QED) is 0.888. The highest BCUT2D eigenvalue weighted by atomic mass is 35.5. The Morgan fingerprint density at radius 2 is 1.94 bits per heavy atom. The molecular weight excluding hydrogens is 255 g/mol. The first-order valence-corrected chi connectivity index (χ1v) is 6.73. The fourth-order valence-corrected chi connectivity index (χ4v) is 2.78. The highest BCUT2D eigenvalue weighted by Crippen LogP contribution is 2.32. The molecule has 1 unspecified atom stereocenters. The molecule has 0 aliphatic heterocycles. The maximum absolute atomic E-state index is 13.0. The van der Waals surface area contributed by atoms with Crippen molar-refractivity contribution in [2.45, 2.75) is 50.2 Å². The van der Waals surface area contributed by atoms with Gasteiger partial charge in [0.1, 0.15) is 5.82 Å². The van der Waals surface area contributed by atoms with Gasteiger partial charge in [0.25, 0.3) is 0 Å².